The molecule has 0 spiro atoms. The molecule has 25 heavy (non-hydrogen) atoms. The quantitative estimate of drug-likeness (QED) is 0.581. The number of hydrogen-bond acceptors (Lipinski definition) is 8. The molecule has 3 fully saturated rings. The van der Waals surface area contributed by atoms with Crippen LogP contribution in [0.2, 0.25) is 0 Å². The molecule has 3 heterocycles. The van der Waals surface area contributed by atoms with Crippen LogP contribution < -0.4 is 0 Å². The van der Waals surface area contributed by atoms with E-state index in [9.17, 15) is 9.90 Å². The molecule has 3 aliphatic rings. The molecule has 0 amide bonds. The topological polar surface area (TPSA) is 92.7 Å². The van der Waals surface area contributed by atoms with E-state index in [1.54, 1.807) is 27.7 Å². The molecular formula is C17H26O8. The number of carbonyl (C=O) groups is 1. The van der Waals surface area contributed by atoms with Crippen LogP contribution in [-0.4, -0.2) is 66.6 Å². The molecule has 0 radical (unpaired) electrons. The van der Waals surface area contributed by atoms with Gasteiger partial charge in [-0.2, -0.15) is 0 Å². The van der Waals surface area contributed by atoms with Crippen molar-refractivity contribution in [2.45, 2.75) is 69.5 Å². The van der Waals surface area contributed by atoms with Crippen molar-refractivity contribution in [2.75, 3.05) is 13.7 Å². The first-order valence-electron chi connectivity index (χ1n) is 8.29. The van der Waals surface area contributed by atoms with Crippen molar-refractivity contribution in [3.05, 3.63) is 12.7 Å². The minimum atomic E-state index is -1.78. The molecule has 8 nitrogen and oxygen atoms in total. The summed E-state index contributed by atoms with van der Waals surface area (Å²) in [7, 11) is 1.25. The first-order chi connectivity index (χ1) is 11.5. The monoisotopic (exact) mass is 358 g/mol. The number of fused-ring (bicyclic) bond motifs is 1. The van der Waals surface area contributed by atoms with Gasteiger partial charge in [-0.05, 0) is 27.7 Å². The number of carbonyl (C=O) groups excluding carboxylic acids is 1. The highest BCUT2D eigenvalue weighted by Crippen LogP contribution is 2.49. The standard InChI is InChI=1S/C17H26O8/c1-7-9(13(18)20-6)17(19)11(10-8-21-15(2,3)23-10)22-14-12(17)24-16(4,5)25-14/h7,9-12,14,19H,1,8H2,2-6H3/t9-,10-,11-,12+,14-,17-/m1/s1. The van der Waals surface area contributed by atoms with Crippen LogP contribution in [0.5, 0.6) is 0 Å². The number of aliphatic hydroxyl groups is 1. The Morgan fingerprint density at radius 1 is 1.20 bits per heavy atom. The van der Waals surface area contributed by atoms with Crippen LogP contribution in [0.1, 0.15) is 27.7 Å². The summed E-state index contributed by atoms with van der Waals surface area (Å²) in [5, 5.41) is 11.6. The predicted molar refractivity (Wildman–Crippen MR) is 84.3 cm³/mol. The van der Waals surface area contributed by atoms with Crippen LogP contribution in [0.3, 0.4) is 0 Å². The lowest BCUT2D eigenvalue weighted by Crippen LogP contribution is -2.60. The van der Waals surface area contributed by atoms with Crippen LogP contribution >= 0.6 is 0 Å². The van der Waals surface area contributed by atoms with Crippen LogP contribution in [0.25, 0.3) is 0 Å². The summed E-state index contributed by atoms with van der Waals surface area (Å²) >= 11 is 0. The van der Waals surface area contributed by atoms with Crippen molar-refractivity contribution >= 4 is 5.97 Å². The maximum absolute atomic E-state index is 12.3. The molecule has 8 heteroatoms. The smallest absolute Gasteiger partial charge is 0.315 e. The Bertz CT molecular complexity index is 559. The van der Waals surface area contributed by atoms with Gasteiger partial charge in [0.05, 0.1) is 13.7 Å². The van der Waals surface area contributed by atoms with E-state index in [1.807, 2.05) is 0 Å². The van der Waals surface area contributed by atoms with E-state index in [0.717, 1.165) is 0 Å². The van der Waals surface area contributed by atoms with Gasteiger partial charge < -0.3 is 33.5 Å². The molecule has 0 saturated carbocycles. The van der Waals surface area contributed by atoms with Gasteiger partial charge in [-0.15, -0.1) is 6.58 Å². The molecule has 0 aliphatic carbocycles. The molecule has 142 valence electrons. The summed E-state index contributed by atoms with van der Waals surface area (Å²) in [5.41, 5.74) is -1.78. The van der Waals surface area contributed by atoms with Crippen LogP contribution in [-0.2, 0) is 33.2 Å². The highest BCUT2D eigenvalue weighted by atomic mass is 16.8. The molecule has 1 N–H and O–H groups in total. The summed E-state index contributed by atoms with van der Waals surface area (Å²) in [6.45, 7) is 10.8. The fraction of sp³-hybridized carbons (Fsp3) is 0.824. The molecule has 0 aromatic heterocycles. The van der Waals surface area contributed by atoms with Crippen LogP contribution in [0.15, 0.2) is 12.7 Å². The molecule has 3 rings (SSSR count). The molecule has 6 atom stereocenters. The van der Waals surface area contributed by atoms with Crippen molar-refractivity contribution in [2.24, 2.45) is 5.92 Å². The summed E-state index contributed by atoms with van der Waals surface area (Å²) in [4.78, 5) is 12.3. The number of rotatable bonds is 4. The Kier molecular flexibility index (Phi) is 4.50. The van der Waals surface area contributed by atoms with E-state index < -0.39 is 53.7 Å². The number of methoxy groups -OCH3 is 1. The third-order valence-electron chi connectivity index (χ3n) is 4.81. The van der Waals surface area contributed by atoms with E-state index in [4.69, 9.17) is 28.4 Å². The van der Waals surface area contributed by atoms with E-state index in [2.05, 4.69) is 6.58 Å². The Hall–Kier alpha value is -1.03. The van der Waals surface area contributed by atoms with Gasteiger partial charge >= 0.3 is 5.97 Å². The summed E-state index contributed by atoms with van der Waals surface area (Å²) in [6.07, 6.45) is -1.93. The first kappa shape index (κ1) is 18.8. The average molecular weight is 358 g/mol. The Morgan fingerprint density at radius 2 is 1.88 bits per heavy atom. The van der Waals surface area contributed by atoms with E-state index in [-0.39, 0.29) is 6.61 Å². The lowest BCUT2D eigenvalue weighted by atomic mass is 9.77. The third-order valence-corrected chi connectivity index (χ3v) is 4.81. The Balaban J connectivity index is 1.97. The fourth-order valence-corrected chi connectivity index (χ4v) is 3.76. The average Bonchev–Trinajstić information content (AvgIpc) is 3.10. The van der Waals surface area contributed by atoms with E-state index in [0.29, 0.717) is 0 Å². The second-order valence-electron chi connectivity index (χ2n) is 7.47. The highest BCUT2D eigenvalue weighted by molar-refractivity contribution is 5.76. The zero-order valence-corrected chi connectivity index (χ0v) is 15.2. The van der Waals surface area contributed by atoms with Crippen molar-refractivity contribution in [1.82, 2.24) is 0 Å². The van der Waals surface area contributed by atoms with Gasteiger partial charge in [0.25, 0.3) is 0 Å². The highest BCUT2D eigenvalue weighted by Gasteiger charge is 2.69. The molecule has 3 aliphatic heterocycles. The van der Waals surface area contributed by atoms with Crippen molar-refractivity contribution in [3.63, 3.8) is 0 Å². The summed E-state index contributed by atoms with van der Waals surface area (Å²) in [5.74, 6) is -3.49. The first-order valence-corrected chi connectivity index (χ1v) is 8.29. The molecule has 0 aromatic carbocycles. The fourth-order valence-electron chi connectivity index (χ4n) is 3.76. The summed E-state index contributed by atoms with van der Waals surface area (Å²) in [6, 6.07) is 0. The number of hydrogen-bond donors (Lipinski definition) is 1. The third kappa shape index (κ3) is 3.01. The zero-order chi connectivity index (χ0) is 18.6. The largest absolute Gasteiger partial charge is 0.468 e. The lowest BCUT2D eigenvalue weighted by molar-refractivity contribution is -0.254. The molecule has 0 unspecified atom stereocenters. The Labute approximate surface area is 147 Å². The van der Waals surface area contributed by atoms with Crippen molar-refractivity contribution < 1.29 is 38.3 Å². The van der Waals surface area contributed by atoms with Crippen LogP contribution in [0, 0.1) is 5.92 Å². The van der Waals surface area contributed by atoms with Crippen molar-refractivity contribution in [1.29, 1.82) is 0 Å². The molecule has 0 aromatic rings. The maximum Gasteiger partial charge on any atom is 0.315 e. The van der Waals surface area contributed by atoms with E-state index in [1.165, 1.54) is 13.2 Å². The van der Waals surface area contributed by atoms with Gasteiger partial charge in [0.2, 0.25) is 0 Å². The van der Waals surface area contributed by atoms with Gasteiger partial charge in [-0.3, -0.25) is 4.79 Å². The zero-order valence-electron chi connectivity index (χ0n) is 15.2. The van der Waals surface area contributed by atoms with Gasteiger partial charge in [-0.1, -0.05) is 6.08 Å². The van der Waals surface area contributed by atoms with Gasteiger partial charge in [-0.25, -0.2) is 0 Å². The molecular weight excluding hydrogens is 332 g/mol. The number of esters is 1. The summed E-state index contributed by atoms with van der Waals surface area (Å²) < 4.78 is 33.8. The molecule has 0 bridgehead atoms. The maximum atomic E-state index is 12.3. The SMILES string of the molecule is C=C[C@H](C(=O)OC)[C@@]1(O)[C@@H]([C@H]2COC(C)(C)O2)O[C@@H]2OC(C)(C)O[C@@H]21. The van der Waals surface area contributed by atoms with Gasteiger partial charge in [0.1, 0.15) is 29.8 Å². The second-order valence-corrected chi connectivity index (χ2v) is 7.47. The second kappa shape index (κ2) is 6.00. The predicted octanol–water partition coefficient (Wildman–Crippen LogP) is 0.721. The Morgan fingerprint density at radius 3 is 2.40 bits per heavy atom. The normalized spacial score (nSPS) is 42.8. The van der Waals surface area contributed by atoms with Crippen molar-refractivity contribution in [3.8, 4) is 0 Å². The number of ether oxygens (including phenoxy) is 6. The lowest BCUT2D eigenvalue weighted by Gasteiger charge is -2.39. The minimum absolute atomic E-state index is 0.202. The van der Waals surface area contributed by atoms with E-state index >= 15 is 0 Å². The minimum Gasteiger partial charge on any atom is -0.468 e. The van der Waals surface area contributed by atoms with Crippen LogP contribution in [0.4, 0.5) is 0 Å². The molecule has 3 saturated heterocycles. The van der Waals surface area contributed by atoms with Gasteiger partial charge in [0, 0.05) is 0 Å². The van der Waals surface area contributed by atoms with Gasteiger partial charge in [0.15, 0.2) is 17.9 Å².